The van der Waals surface area contributed by atoms with Crippen molar-refractivity contribution < 1.29 is 17.9 Å². The van der Waals surface area contributed by atoms with Gasteiger partial charge < -0.3 is 4.74 Å². The summed E-state index contributed by atoms with van der Waals surface area (Å²) >= 11 is 3.45. The first kappa shape index (κ1) is 15.4. The van der Waals surface area contributed by atoms with E-state index in [1.54, 1.807) is 6.07 Å². The Hall–Kier alpha value is -1.53. The molecule has 2 aromatic rings. The number of nitrogens with zero attached hydrogens (tertiary/aromatic N) is 1. The van der Waals surface area contributed by atoms with Crippen LogP contribution in [-0.4, -0.2) is 11.3 Å². The molecule has 3 rings (SSSR count). The standard InChI is InChI=1S/C16H13BrF3NO/c17-14-5-4-12-9-21(10-13(12)7-14)8-11-2-1-3-15(6-11)22-16(18,19)20/h1-7H,8-10H2. The molecule has 1 heterocycles. The van der Waals surface area contributed by atoms with Crippen LogP contribution in [0.25, 0.3) is 0 Å². The molecule has 0 aliphatic carbocycles. The van der Waals surface area contributed by atoms with E-state index in [9.17, 15) is 13.2 Å². The lowest BCUT2D eigenvalue weighted by Crippen LogP contribution is -2.18. The summed E-state index contributed by atoms with van der Waals surface area (Å²) in [6, 6.07) is 12.3. The molecule has 22 heavy (non-hydrogen) atoms. The van der Waals surface area contributed by atoms with Gasteiger partial charge in [-0.05, 0) is 41.0 Å². The van der Waals surface area contributed by atoms with Gasteiger partial charge in [-0.1, -0.05) is 34.1 Å². The average Bonchev–Trinajstić information content (AvgIpc) is 2.78. The summed E-state index contributed by atoms with van der Waals surface area (Å²) < 4.78 is 41.8. The van der Waals surface area contributed by atoms with Gasteiger partial charge in [-0.2, -0.15) is 0 Å². The number of ether oxygens (including phenoxy) is 1. The molecule has 1 aliphatic rings. The predicted molar refractivity (Wildman–Crippen MR) is 80.2 cm³/mol. The van der Waals surface area contributed by atoms with Gasteiger partial charge in [0, 0.05) is 24.1 Å². The molecule has 6 heteroatoms. The molecule has 0 unspecified atom stereocenters. The van der Waals surface area contributed by atoms with Crippen molar-refractivity contribution in [2.45, 2.75) is 26.0 Å². The SMILES string of the molecule is FC(F)(F)Oc1cccc(CN2Cc3ccc(Br)cc3C2)c1. The van der Waals surface area contributed by atoms with Crippen molar-refractivity contribution in [1.29, 1.82) is 0 Å². The van der Waals surface area contributed by atoms with Crippen LogP contribution in [-0.2, 0) is 19.6 Å². The van der Waals surface area contributed by atoms with E-state index in [-0.39, 0.29) is 5.75 Å². The molecule has 2 nitrogen and oxygen atoms in total. The molecule has 1 aliphatic heterocycles. The first-order valence-corrected chi connectivity index (χ1v) is 7.53. The summed E-state index contributed by atoms with van der Waals surface area (Å²) in [4.78, 5) is 2.18. The molecule has 116 valence electrons. The predicted octanol–water partition coefficient (Wildman–Crippen LogP) is 4.86. The van der Waals surface area contributed by atoms with Crippen LogP contribution in [0.3, 0.4) is 0 Å². The number of hydrogen-bond donors (Lipinski definition) is 0. The second-order valence-corrected chi connectivity index (χ2v) is 6.17. The molecule has 0 amide bonds. The van der Waals surface area contributed by atoms with Crippen molar-refractivity contribution in [2.24, 2.45) is 0 Å². The molecule has 0 saturated carbocycles. The molecule has 0 radical (unpaired) electrons. The average molecular weight is 372 g/mol. The molecule has 0 spiro atoms. The first-order valence-electron chi connectivity index (χ1n) is 6.73. The van der Waals surface area contributed by atoms with E-state index >= 15 is 0 Å². The Balaban J connectivity index is 1.69. The number of rotatable bonds is 3. The highest BCUT2D eigenvalue weighted by molar-refractivity contribution is 9.10. The Morgan fingerprint density at radius 2 is 1.82 bits per heavy atom. The Kier molecular flexibility index (Phi) is 4.14. The zero-order valence-electron chi connectivity index (χ0n) is 11.5. The van der Waals surface area contributed by atoms with Crippen LogP contribution in [0.4, 0.5) is 13.2 Å². The lowest BCUT2D eigenvalue weighted by atomic mass is 10.1. The summed E-state index contributed by atoms with van der Waals surface area (Å²) in [7, 11) is 0. The van der Waals surface area contributed by atoms with Crippen molar-refractivity contribution in [3.05, 3.63) is 63.6 Å². The van der Waals surface area contributed by atoms with E-state index in [1.165, 1.54) is 23.3 Å². The molecular formula is C16H13BrF3NO. The minimum Gasteiger partial charge on any atom is -0.406 e. The fourth-order valence-corrected chi connectivity index (χ4v) is 3.05. The van der Waals surface area contributed by atoms with Crippen LogP contribution < -0.4 is 4.74 Å². The topological polar surface area (TPSA) is 12.5 Å². The van der Waals surface area contributed by atoms with Crippen LogP contribution >= 0.6 is 15.9 Å². The van der Waals surface area contributed by atoms with E-state index in [1.807, 2.05) is 12.1 Å². The van der Waals surface area contributed by atoms with Crippen LogP contribution in [0.1, 0.15) is 16.7 Å². The van der Waals surface area contributed by atoms with Gasteiger partial charge in [0.1, 0.15) is 5.75 Å². The molecule has 0 bridgehead atoms. The number of benzene rings is 2. The van der Waals surface area contributed by atoms with Crippen molar-refractivity contribution in [3.8, 4) is 5.75 Å². The lowest BCUT2D eigenvalue weighted by Gasteiger charge is -2.16. The highest BCUT2D eigenvalue weighted by Gasteiger charge is 2.31. The molecular weight excluding hydrogens is 359 g/mol. The molecule has 0 N–H and O–H groups in total. The Morgan fingerprint density at radius 3 is 2.59 bits per heavy atom. The van der Waals surface area contributed by atoms with E-state index in [0.717, 1.165) is 23.1 Å². The van der Waals surface area contributed by atoms with Gasteiger partial charge in [0.25, 0.3) is 0 Å². The summed E-state index contributed by atoms with van der Waals surface area (Å²) in [5.74, 6) is -0.176. The minimum absolute atomic E-state index is 0.176. The molecule has 0 atom stereocenters. The number of halogens is 4. The van der Waals surface area contributed by atoms with E-state index in [2.05, 4.69) is 37.7 Å². The van der Waals surface area contributed by atoms with Gasteiger partial charge in [-0.15, -0.1) is 13.2 Å². The largest absolute Gasteiger partial charge is 0.573 e. The van der Waals surface area contributed by atoms with Gasteiger partial charge >= 0.3 is 6.36 Å². The number of fused-ring (bicyclic) bond motifs is 1. The zero-order valence-corrected chi connectivity index (χ0v) is 13.1. The molecule has 2 aromatic carbocycles. The maximum atomic E-state index is 12.3. The van der Waals surface area contributed by atoms with Gasteiger partial charge in [0.05, 0.1) is 0 Å². The summed E-state index contributed by atoms with van der Waals surface area (Å²) in [5.41, 5.74) is 3.30. The fourth-order valence-electron chi connectivity index (χ4n) is 2.64. The molecule has 0 fully saturated rings. The second kappa shape index (κ2) is 5.93. The maximum absolute atomic E-state index is 12.3. The lowest BCUT2D eigenvalue weighted by molar-refractivity contribution is -0.274. The van der Waals surface area contributed by atoms with Crippen LogP contribution in [0.2, 0.25) is 0 Å². The van der Waals surface area contributed by atoms with Crippen molar-refractivity contribution >= 4 is 15.9 Å². The monoisotopic (exact) mass is 371 g/mol. The smallest absolute Gasteiger partial charge is 0.406 e. The van der Waals surface area contributed by atoms with E-state index in [0.29, 0.717) is 6.54 Å². The third-order valence-corrected chi connectivity index (χ3v) is 3.99. The quantitative estimate of drug-likeness (QED) is 0.763. The van der Waals surface area contributed by atoms with Gasteiger partial charge in [-0.3, -0.25) is 4.90 Å². The van der Waals surface area contributed by atoms with Crippen molar-refractivity contribution in [3.63, 3.8) is 0 Å². The third kappa shape index (κ3) is 3.81. The van der Waals surface area contributed by atoms with Crippen molar-refractivity contribution in [1.82, 2.24) is 4.90 Å². The summed E-state index contributed by atoms with van der Waals surface area (Å²) in [6.45, 7) is 2.17. The van der Waals surface area contributed by atoms with E-state index in [4.69, 9.17) is 0 Å². The number of alkyl halides is 3. The second-order valence-electron chi connectivity index (χ2n) is 5.25. The van der Waals surface area contributed by atoms with Gasteiger partial charge in [0.2, 0.25) is 0 Å². The third-order valence-electron chi connectivity index (χ3n) is 3.49. The van der Waals surface area contributed by atoms with E-state index < -0.39 is 6.36 Å². The van der Waals surface area contributed by atoms with Gasteiger partial charge in [-0.25, -0.2) is 0 Å². The van der Waals surface area contributed by atoms with Crippen LogP contribution in [0.5, 0.6) is 5.75 Å². The maximum Gasteiger partial charge on any atom is 0.573 e. The summed E-state index contributed by atoms with van der Waals surface area (Å²) in [5, 5.41) is 0. The zero-order chi connectivity index (χ0) is 15.7. The Bertz CT molecular complexity index is 687. The highest BCUT2D eigenvalue weighted by atomic mass is 79.9. The van der Waals surface area contributed by atoms with Gasteiger partial charge in [0.15, 0.2) is 0 Å². The first-order chi connectivity index (χ1) is 10.4. The molecule has 0 aromatic heterocycles. The normalized spacial score (nSPS) is 14.9. The van der Waals surface area contributed by atoms with Crippen molar-refractivity contribution in [2.75, 3.05) is 0 Å². The molecule has 0 saturated heterocycles. The minimum atomic E-state index is -4.66. The Morgan fingerprint density at radius 1 is 1.05 bits per heavy atom. The Labute approximate surface area is 134 Å². The van der Waals surface area contributed by atoms with Crippen LogP contribution in [0.15, 0.2) is 46.9 Å². The summed E-state index contributed by atoms with van der Waals surface area (Å²) in [6.07, 6.45) is -4.66. The highest BCUT2D eigenvalue weighted by Crippen LogP contribution is 2.28. The number of hydrogen-bond acceptors (Lipinski definition) is 2. The fraction of sp³-hybridized carbons (Fsp3) is 0.250. The van der Waals surface area contributed by atoms with Crippen LogP contribution in [0, 0.1) is 0 Å².